The van der Waals surface area contributed by atoms with Gasteiger partial charge in [0, 0.05) is 28.2 Å². The lowest BCUT2D eigenvalue weighted by atomic mass is 9.96. The number of Topliss-reactive ketones (excluding diaryl/α,β-unsaturated/α-hetero) is 2. The van der Waals surface area contributed by atoms with Crippen LogP contribution in [0.15, 0.2) is 65.5 Å². The lowest BCUT2D eigenvalue weighted by Gasteiger charge is -2.23. The Labute approximate surface area is 361 Å². The summed E-state index contributed by atoms with van der Waals surface area (Å²) in [6, 6.07) is 17.9. The zero-order chi connectivity index (χ0) is 43.6. The highest BCUT2D eigenvalue weighted by atomic mass is 16.5. The molecule has 1 saturated carbocycles. The van der Waals surface area contributed by atoms with E-state index in [0.717, 1.165) is 68.4 Å². The molecule has 0 radical (unpaired) electrons. The average molecular weight is 831 g/mol. The van der Waals surface area contributed by atoms with E-state index in [-0.39, 0.29) is 28.1 Å². The molecule has 9 rings (SSSR count). The summed E-state index contributed by atoms with van der Waals surface area (Å²) in [4.78, 5) is 79.1. The van der Waals surface area contributed by atoms with Gasteiger partial charge < -0.3 is 14.3 Å². The van der Waals surface area contributed by atoms with Gasteiger partial charge in [0.05, 0.1) is 34.3 Å². The number of amides is 2. The highest BCUT2D eigenvalue weighted by molar-refractivity contribution is 6.36. The highest BCUT2D eigenvalue weighted by Crippen LogP contribution is 2.43. The first-order chi connectivity index (χ1) is 30.0. The normalized spacial score (nSPS) is 16.1. The zero-order valence-corrected chi connectivity index (χ0v) is 36.6. The molecule has 10 heteroatoms. The summed E-state index contributed by atoms with van der Waals surface area (Å²) >= 11 is 0. The second kappa shape index (κ2) is 16.3. The van der Waals surface area contributed by atoms with Crippen LogP contribution in [-0.4, -0.2) is 44.5 Å². The summed E-state index contributed by atoms with van der Waals surface area (Å²) in [7, 11) is 0. The molecule has 2 aromatic heterocycles. The summed E-state index contributed by atoms with van der Waals surface area (Å²) < 4.78 is 8.69. The molecule has 0 saturated heterocycles. The van der Waals surface area contributed by atoms with Crippen LogP contribution in [0.3, 0.4) is 0 Å². The third-order valence-electron chi connectivity index (χ3n) is 14.0. The Morgan fingerprint density at radius 2 is 1.37 bits per heavy atom. The van der Waals surface area contributed by atoms with Crippen molar-refractivity contribution in [2.75, 3.05) is 11.5 Å². The van der Waals surface area contributed by atoms with Gasteiger partial charge in [-0.2, -0.15) is 0 Å². The number of hydrogen-bond donors (Lipinski definition) is 1. The standard InChI is InChI=1S/C52H54N4O6/c1-7-11-14-30(8-2)27-62-45-25-32(31-15-12-13-16-31)17-20-44(45)56-51(60)40-23-33-21-38-39(22-34(33)24-41(40)52(56)61)48(58)46(47(38)57)49-53-43-19-18-35(26-42(43)50(59)54-49)55-28(5)36(9-3)37(10-4)29(55)6/h17-26,30-31,46H,7-16,27H2,1-6H3,(H,53,54,59). The molecule has 1 aliphatic heterocycles. The summed E-state index contributed by atoms with van der Waals surface area (Å²) in [5.41, 5.74) is 8.05. The van der Waals surface area contributed by atoms with E-state index in [4.69, 9.17) is 4.74 Å². The van der Waals surface area contributed by atoms with Crippen LogP contribution in [0, 0.1) is 19.8 Å². The third kappa shape index (κ3) is 6.70. The minimum atomic E-state index is -1.34. The molecule has 2 amide bonds. The number of unbranched alkanes of at least 4 members (excludes halogenated alkanes) is 1. The lowest BCUT2D eigenvalue weighted by Crippen LogP contribution is -2.30. The monoisotopic (exact) mass is 830 g/mol. The Morgan fingerprint density at radius 3 is 1.95 bits per heavy atom. The number of nitrogens with zero attached hydrogens (tertiary/aromatic N) is 3. The molecule has 318 valence electrons. The number of hydrogen-bond acceptors (Lipinski definition) is 7. The zero-order valence-electron chi connectivity index (χ0n) is 36.6. The van der Waals surface area contributed by atoms with E-state index in [1.54, 1.807) is 30.3 Å². The van der Waals surface area contributed by atoms with Crippen molar-refractivity contribution >= 4 is 50.7 Å². The van der Waals surface area contributed by atoms with Crippen molar-refractivity contribution in [1.82, 2.24) is 14.5 Å². The van der Waals surface area contributed by atoms with E-state index in [1.165, 1.54) is 34.4 Å². The van der Waals surface area contributed by atoms with E-state index >= 15 is 0 Å². The maximum absolute atomic E-state index is 14.3. The Balaban J connectivity index is 1.02. The fourth-order valence-corrected chi connectivity index (χ4v) is 10.5. The fraction of sp³-hybridized carbons (Fsp3) is 0.385. The maximum Gasteiger partial charge on any atom is 0.266 e. The molecule has 2 aliphatic carbocycles. The van der Waals surface area contributed by atoms with E-state index in [1.807, 2.05) is 30.3 Å². The molecule has 6 aromatic rings. The SMILES string of the molecule is CCCCC(CC)COc1cc(C2CCCC2)ccc1N1C(=O)c2cc3cc4c(cc3cc2C1=O)C(=O)C(c1nc2ccc(-n3c(C)c(CC)c(CC)c3C)cc2c(=O)[nH]1)C4=O. The average Bonchev–Trinajstić information content (AvgIpc) is 4.02. The quantitative estimate of drug-likeness (QED) is 0.0905. The van der Waals surface area contributed by atoms with Crippen LogP contribution >= 0.6 is 0 Å². The number of aromatic nitrogens is 3. The first-order valence-corrected chi connectivity index (χ1v) is 22.6. The third-order valence-corrected chi connectivity index (χ3v) is 14.0. The van der Waals surface area contributed by atoms with Gasteiger partial charge in [0.15, 0.2) is 11.6 Å². The molecular weight excluding hydrogens is 777 g/mol. The smallest absolute Gasteiger partial charge is 0.266 e. The highest BCUT2D eigenvalue weighted by Gasteiger charge is 2.43. The Morgan fingerprint density at radius 1 is 0.758 bits per heavy atom. The number of anilines is 1. The number of ketones is 2. The van der Waals surface area contributed by atoms with Crippen molar-refractivity contribution in [1.29, 1.82) is 0 Å². The minimum absolute atomic E-state index is 0.0172. The van der Waals surface area contributed by atoms with Crippen LogP contribution in [-0.2, 0) is 12.8 Å². The number of H-pyrrole nitrogens is 1. The van der Waals surface area contributed by atoms with Crippen molar-refractivity contribution in [2.45, 2.75) is 118 Å². The van der Waals surface area contributed by atoms with Gasteiger partial charge in [-0.1, -0.05) is 65.9 Å². The first-order valence-electron chi connectivity index (χ1n) is 22.6. The fourth-order valence-electron chi connectivity index (χ4n) is 10.5. The molecule has 62 heavy (non-hydrogen) atoms. The number of rotatable bonds is 13. The van der Waals surface area contributed by atoms with Crippen LogP contribution in [0.5, 0.6) is 5.75 Å². The van der Waals surface area contributed by atoms with E-state index < -0.39 is 34.9 Å². The minimum Gasteiger partial charge on any atom is -0.491 e. The summed E-state index contributed by atoms with van der Waals surface area (Å²) in [6.45, 7) is 13.3. The van der Waals surface area contributed by atoms with Gasteiger partial charge in [0.1, 0.15) is 17.5 Å². The maximum atomic E-state index is 14.3. The first kappa shape index (κ1) is 41.2. The number of benzene rings is 4. The number of carbonyl (C=O) groups excluding carboxylic acids is 4. The summed E-state index contributed by atoms with van der Waals surface area (Å²) in [5.74, 6) is -1.95. The van der Waals surface area contributed by atoms with E-state index in [9.17, 15) is 24.0 Å². The van der Waals surface area contributed by atoms with Crippen LogP contribution in [0.2, 0.25) is 0 Å². The molecule has 0 bridgehead atoms. The number of imide groups is 1. The van der Waals surface area contributed by atoms with Crippen molar-refractivity contribution < 1.29 is 23.9 Å². The number of ether oxygens (including phenoxy) is 1. The van der Waals surface area contributed by atoms with Crippen LogP contribution < -0.4 is 15.2 Å². The largest absolute Gasteiger partial charge is 0.491 e. The van der Waals surface area contributed by atoms with Gasteiger partial charge in [-0.15, -0.1) is 0 Å². The van der Waals surface area contributed by atoms with Crippen molar-refractivity contribution in [3.63, 3.8) is 0 Å². The Hall–Kier alpha value is -6.16. The van der Waals surface area contributed by atoms with Crippen molar-refractivity contribution in [2.24, 2.45) is 5.92 Å². The van der Waals surface area contributed by atoms with Crippen molar-refractivity contribution in [3.05, 3.63) is 127 Å². The summed E-state index contributed by atoms with van der Waals surface area (Å²) in [6.07, 6.45) is 10.6. The lowest BCUT2D eigenvalue weighted by molar-refractivity contribution is 0.0880. The predicted molar refractivity (Wildman–Crippen MR) is 243 cm³/mol. The Bertz CT molecular complexity index is 2810. The van der Waals surface area contributed by atoms with Crippen LogP contribution in [0.4, 0.5) is 5.69 Å². The number of fused-ring (bicyclic) bond motifs is 4. The van der Waals surface area contributed by atoms with Gasteiger partial charge in [-0.3, -0.25) is 24.0 Å². The van der Waals surface area contributed by atoms with Crippen LogP contribution in [0.25, 0.3) is 27.4 Å². The topological polar surface area (TPSA) is 131 Å². The van der Waals surface area contributed by atoms with Gasteiger partial charge >= 0.3 is 0 Å². The molecule has 1 N–H and O–H groups in total. The molecular formula is C52H54N4O6. The molecule has 4 aromatic carbocycles. The number of nitrogens with one attached hydrogen (secondary N) is 1. The molecule has 1 fully saturated rings. The van der Waals surface area contributed by atoms with Crippen LogP contribution in [0.1, 0.15) is 166 Å². The molecule has 0 spiro atoms. The number of carbonyl (C=O) groups is 4. The van der Waals surface area contributed by atoms with E-state index in [0.29, 0.717) is 51.6 Å². The molecule has 1 atom stereocenters. The predicted octanol–water partition coefficient (Wildman–Crippen LogP) is 10.8. The van der Waals surface area contributed by atoms with Gasteiger partial charge in [-0.05, 0) is 140 Å². The van der Waals surface area contributed by atoms with Crippen molar-refractivity contribution in [3.8, 4) is 11.4 Å². The molecule has 3 heterocycles. The molecule has 3 aliphatic rings. The van der Waals surface area contributed by atoms with Gasteiger partial charge in [0.25, 0.3) is 17.4 Å². The molecule has 1 unspecified atom stereocenters. The number of aromatic amines is 1. The Kier molecular flexibility index (Phi) is 10.8. The van der Waals surface area contributed by atoms with Gasteiger partial charge in [0.2, 0.25) is 0 Å². The second-order valence-electron chi connectivity index (χ2n) is 17.5. The van der Waals surface area contributed by atoms with E-state index in [2.05, 4.69) is 56.1 Å². The summed E-state index contributed by atoms with van der Waals surface area (Å²) in [5, 5.41) is 1.44. The second-order valence-corrected chi connectivity index (χ2v) is 17.5. The molecule has 10 nitrogen and oxygen atoms in total. The van der Waals surface area contributed by atoms with Gasteiger partial charge in [-0.25, -0.2) is 9.88 Å².